The van der Waals surface area contributed by atoms with Gasteiger partial charge < -0.3 is 24.8 Å². The molecule has 7 nitrogen and oxygen atoms in total. The van der Waals surface area contributed by atoms with E-state index in [2.05, 4.69) is 24.5 Å². The highest BCUT2D eigenvalue weighted by molar-refractivity contribution is 5.91. The fourth-order valence-corrected chi connectivity index (χ4v) is 6.61. The third-order valence-electron chi connectivity index (χ3n) is 9.51. The number of piperidine rings is 2. The van der Waals surface area contributed by atoms with Gasteiger partial charge in [0, 0.05) is 17.9 Å². The van der Waals surface area contributed by atoms with Gasteiger partial charge in [-0.15, -0.1) is 0 Å². The van der Waals surface area contributed by atoms with E-state index in [1.54, 1.807) is 13.2 Å². The fourth-order valence-electron chi connectivity index (χ4n) is 6.61. The molecule has 43 heavy (non-hydrogen) atoms. The van der Waals surface area contributed by atoms with E-state index < -0.39 is 11.2 Å². The molecule has 0 aliphatic carbocycles. The average Bonchev–Trinajstić information content (AvgIpc) is 3.03. The number of nitrogens with one attached hydrogen (secondary N) is 2. The summed E-state index contributed by atoms with van der Waals surface area (Å²) in [6.07, 6.45) is 8.65. The van der Waals surface area contributed by atoms with E-state index in [-0.39, 0.29) is 23.8 Å². The van der Waals surface area contributed by atoms with Crippen molar-refractivity contribution in [3.8, 4) is 5.75 Å². The Kier molecular flexibility index (Phi) is 11.4. The van der Waals surface area contributed by atoms with Crippen LogP contribution in [0.4, 0.5) is 0 Å². The van der Waals surface area contributed by atoms with Crippen molar-refractivity contribution in [2.24, 2.45) is 11.8 Å². The summed E-state index contributed by atoms with van der Waals surface area (Å²) in [6.45, 7) is 12.0. The predicted molar refractivity (Wildman–Crippen MR) is 171 cm³/mol. The first-order chi connectivity index (χ1) is 20.6. The second-order valence-electron chi connectivity index (χ2n) is 12.9. The molecule has 0 bridgehead atoms. The van der Waals surface area contributed by atoms with Crippen molar-refractivity contribution in [1.82, 2.24) is 10.6 Å². The fraction of sp³-hybridized carbons (Fsp3) is 0.556. The minimum atomic E-state index is -0.626. The lowest BCUT2D eigenvalue weighted by atomic mass is 9.77. The van der Waals surface area contributed by atoms with Gasteiger partial charge >= 0.3 is 11.9 Å². The van der Waals surface area contributed by atoms with E-state index in [0.29, 0.717) is 17.9 Å². The van der Waals surface area contributed by atoms with Gasteiger partial charge in [-0.2, -0.15) is 0 Å². The maximum Gasteiger partial charge on any atom is 0.338 e. The maximum atomic E-state index is 13.5. The topological polar surface area (TPSA) is 85.9 Å². The lowest BCUT2D eigenvalue weighted by Crippen LogP contribution is -2.45. The molecular formula is C36H50N2O5. The summed E-state index contributed by atoms with van der Waals surface area (Å²) in [7, 11) is 1.63. The smallest absolute Gasteiger partial charge is 0.338 e. The van der Waals surface area contributed by atoms with Crippen LogP contribution >= 0.6 is 0 Å². The summed E-state index contributed by atoms with van der Waals surface area (Å²) in [6, 6.07) is 15.4. The van der Waals surface area contributed by atoms with Crippen molar-refractivity contribution in [1.29, 1.82) is 0 Å². The van der Waals surface area contributed by atoms with Gasteiger partial charge in [0.1, 0.15) is 17.0 Å². The summed E-state index contributed by atoms with van der Waals surface area (Å²) in [4.78, 5) is 26.7. The molecule has 2 atom stereocenters. The van der Waals surface area contributed by atoms with Crippen LogP contribution < -0.4 is 15.4 Å². The van der Waals surface area contributed by atoms with Crippen LogP contribution in [0.5, 0.6) is 5.75 Å². The highest BCUT2D eigenvalue weighted by Crippen LogP contribution is 2.38. The van der Waals surface area contributed by atoms with Gasteiger partial charge in [-0.25, -0.2) is 9.59 Å². The number of ether oxygens (including phenoxy) is 3. The molecule has 2 aromatic rings. The molecule has 2 saturated heterocycles. The number of hydrogen-bond acceptors (Lipinski definition) is 7. The Morgan fingerprint density at radius 2 is 1.56 bits per heavy atom. The van der Waals surface area contributed by atoms with Gasteiger partial charge in [-0.05, 0) is 127 Å². The highest BCUT2D eigenvalue weighted by atomic mass is 16.6. The zero-order valence-electron chi connectivity index (χ0n) is 26.6. The second kappa shape index (κ2) is 15.0. The number of hydrogen-bond donors (Lipinski definition) is 2. The molecule has 234 valence electrons. The van der Waals surface area contributed by atoms with Gasteiger partial charge in [0.15, 0.2) is 0 Å². The lowest BCUT2D eigenvalue weighted by molar-refractivity contribution is -0.160. The predicted octanol–water partition coefficient (Wildman–Crippen LogP) is 6.53. The molecule has 2 fully saturated rings. The number of methoxy groups -OCH3 is 1. The molecule has 2 aromatic carbocycles. The van der Waals surface area contributed by atoms with Crippen LogP contribution in [0.2, 0.25) is 0 Å². The molecule has 2 unspecified atom stereocenters. The summed E-state index contributed by atoms with van der Waals surface area (Å²) >= 11 is 0. The van der Waals surface area contributed by atoms with E-state index in [9.17, 15) is 9.59 Å². The molecular weight excluding hydrogens is 540 g/mol. The quantitative estimate of drug-likeness (QED) is 0.215. The Labute approximate surface area is 257 Å². The minimum Gasteiger partial charge on any atom is -0.497 e. The minimum absolute atomic E-state index is 0.0813. The number of carbonyl (C=O) groups excluding carboxylic acids is 2. The summed E-state index contributed by atoms with van der Waals surface area (Å²) < 4.78 is 17.7. The second-order valence-corrected chi connectivity index (χ2v) is 12.9. The molecule has 2 aliphatic rings. The first-order valence-corrected chi connectivity index (χ1v) is 15.9. The molecule has 2 aliphatic heterocycles. The molecule has 2 N–H and O–H groups in total. The molecule has 7 heteroatoms. The van der Waals surface area contributed by atoms with Crippen LogP contribution in [0.25, 0.3) is 6.08 Å². The van der Waals surface area contributed by atoms with Gasteiger partial charge in [-0.3, -0.25) is 0 Å². The van der Waals surface area contributed by atoms with E-state index in [1.165, 1.54) is 6.08 Å². The maximum absolute atomic E-state index is 13.5. The van der Waals surface area contributed by atoms with Crippen molar-refractivity contribution in [2.45, 2.75) is 83.3 Å². The molecule has 0 spiro atoms. The van der Waals surface area contributed by atoms with Crippen molar-refractivity contribution in [2.75, 3.05) is 33.3 Å². The number of rotatable bonds is 12. The average molecular weight is 591 g/mol. The zero-order chi connectivity index (χ0) is 30.9. The number of esters is 2. The third-order valence-corrected chi connectivity index (χ3v) is 9.51. The highest BCUT2D eigenvalue weighted by Gasteiger charge is 2.39. The van der Waals surface area contributed by atoms with Crippen molar-refractivity contribution in [3.05, 3.63) is 71.3 Å². The Hall–Kier alpha value is -3.16. The van der Waals surface area contributed by atoms with Crippen molar-refractivity contribution < 1.29 is 23.8 Å². The zero-order valence-corrected chi connectivity index (χ0v) is 26.6. The monoisotopic (exact) mass is 590 g/mol. The summed E-state index contributed by atoms with van der Waals surface area (Å²) in [5, 5.41) is 6.82. The van der Waals surface area contributed by atoms with E-state index in [4.69, 9.17) is 14.2 Å². The standard InChI is InChI=1S/C36H50N2O5/c1-26(31-11-6-7-12-32(31)34(40)43-35(2,3)28-16-21-37-22-17-28)15-20-36(4,29-18-23-38-24-19-29)42-33(39)14-13-27-9-8-10-30(25-27)41-5/h6-14,25-26,28-29,37-38H,15-24H2,1-5H3/b14-13+. The van der Waals surface area contributed by atoms with Crippen molar-refractivity contribution in [3.63, 3.8) is 0 Å². The summed E-state index contributed by atoms with van der Waals surface area (Å²) in [5.41, 5.74) is 1.32. The third kappa shape index (κ3) is 8.93. The molecule has 2 heterocycles. The first-order valence-electron chi connectivity index (χ1n) is 15.9. The largest absolute Gasteiger partial charge is 0.497 e. The molecule has 4 rings (SSSR count). The Bertz CT molecular complexity index is 1250. The van der Waals surface area contributed by atoms with Gasteiger partial charge in [0.25, 0.3) is 0 Å². The summed E-state index contributed by atoms with van der Waals surface area (Å²) in [5.74, 6) is 0.796. The van der Waals surface area contributed by atoms with Crippen LogP contribution in [-0.2, 0) is 14.3 Å². The molecule has 0 radical (unpaired) electrons. The Morgan fingerprint density at radius 3 is 2.23 bits per heavy atom. The van der Waals surface area contributed by atoms with E-state index in [1.807, 2.05) is 62.4 Å². The molecule has 0 amide bonds. The lowest BCUT2D eigenvalue weighted by Gasteiger charge is -2.40. The van der Waals surface area contributed by atoms with Gasteiger partial charge in [-0.1, -0.05) is 37.3 Å². The van der Waals surface area contributed by atoms with Crippen LogP contribution in [0.15, 0.2) is 54.6 Å². The van der Waals surface area contributed by atoms with Crippen LogP contribution in [0, 0.1) is 11.8 Å². The van der Waals surface area contributed by atoms with Gasteiger partial charge in [0.05, 0.1) is 12.7 Å². The van der Waals surface area contributed by atoms with Crippen LogP contribution in [0.1, 0.15) is 93.6 Å². The van der Waals surface area contributed by atoms with Gasteiger partial charge in [0.2, 0.25) is 0 Å². The first kappa shape index (κ1) is 32.7. The number of benzene rings is 2. The normalized spacial score (nSPS) is 19.0. The van der Waals surface area contributed by atoms with Crippen molar-refractivity contribution >= 4 is 18.0 Å². The SMILES string of the molecule is COc1cccc(/C=C/C(=O)OC(C)(CCC(C)c2ccccc2C(=O)OC(C)(C)C2CCNCC2)C2CCNCC2)c1. The Morgan fingerprint density at radius 1 is 0.907 bits per heavy atom. The number of carbonyl (C=O) groups is 2. The Balaban J connectivity index is 1.45. The van der Waals surface area contributed by atoms with Crippen LogP contribution in [-0.4, -0.2) is 56.4 Å². The van der Waals surface area contributed by atoms with E-state index >= 15 is 0 Å². The van der Waals surface area contributed by atoms with E-state index in [0.717, 1.165) is 75.2 Å². The van der Waals surface area contributed by atoms with Crippen LogP contribution in [0.3, 0.4) is 0 Å². The molecule has 0 saturated carbocycles. The molecule has 0 aromatic heterocycles.